The summed E-state index contributed by atoms with van der Waals surface area (Å²) in [6.07, 6.45) is 1.07. The molecule has 0 aliphatic rings. The maximum Gasteiger partial charge on any atom is 0.309 e. The molecule has 0 amide bonds. The summed E-state index contributed by atoms with van der Waals surface area (Å²) in [6.45, 7) is 1.97. The van der Waals surface area contributed by atoms with Crippen LogP contribution in [0.15, 0.2) is 5.38 Å². The quantitative estimate of drug-likeness (QED) is 0.794. The van der Waals surface area contributed by atoms with Gasteiger partial charge < -0.3 is 14.9 Å². The van der Waals surface area contributed by atoms with Gasteiger partial charge in [-0.1, -0.05) is 0 Å². The van der Waals surface area contributed by atoms with Gasteiger partial charge in [0, 0.05) is 19.0 Å². The third-order valence-electron chi connectivity index (χ3n) is 2.30. The minimum Gasteiger partial charge on any atom is -0.481 e. The number of aromatic nitrogens is 1. The molecule has 96 valence electrons. The molecule has 0 saturated heterocycles. The number of thiazole rings is 1. The van der Waals surface area contributed by atoms with Crippen molar-refractivity contribution in [1.29, 1.82) is 0 Å². The fraction of sp³-hybridized carbons (Fsp3) is 0.636. The van der Waals surface area contributed by atoms with Gasteiger partial charge in [-0.15, -0.1) is 11.3 Å². The fourth-order valence-electron chi connectivity index (χ4n) is 1.43. The normalized spacial score (nSPS) is 10.8. The number of carboxylic acids is 1. The third-order valence-corrected chi connectivity index (χ3v) is 3.30. The first-order valence-electron chi connectivity index (χ1n) is 5.51. The van der Waals surface area contributed by atoms with Gasteiger partial charge >= 0.3 is 5.97 Å². The molecule has 0 spiro atoms. The summed E-state index contributed by atoms with van der Waals surface area (Å²) < 4.78 is 0. The molecule has 0 radical (unpaired) electrons. The summed E-state index contributed by atoms with van der Waals surface area (Å²) in [5.74, 6) is -0.836. The van der Waals surface area contributed by atoms with Crippen LogP contribution in [0.4, 0.5) is 5.13 Å². The van der Waals surface area contributed by atoms with Gasteiger partial charge in [0.05, 0.1) is 12.1 Å². The lowest BCUT2D eigenvalue weighted by molar-refractivity contribution is -0.136. The average molecular weight is 257 g/mol. The van der Waals surface area contributed by atoms with E-state index in [0.717, 1.165) is 24.6 Å². The van der Waals surface area contributed by atoms with E-state index in [4.69, 9.17) is 5.11 Å². The van der Waals surface area contributed by atoms with Crippen LogP contribution < -0.4 is 4.90 Å². The van der Waals surface area contributed by atoms with E-state index in [1.54, 1.807) is 0 Å². The molecule has 1 aromatic rings. The van der Waals surface area contributed by atoms with Crippen molar-refractivity contribution in [2.75, 3.05) is 39.1 Å². The zero-order chi connectivity index (χ0) is 12.8. The molecule has 1 heterocycles. The second kappa shape index (κ2) is 6.56. The molecule has 0 atom stereocenters. The molecule has 1 aromatic heterocycles. The van der Waals surface area contributed by atoms with Crippen molar-refractivity contribution in [1.82, 2.24) is 9.88 Å². The summed E-state index contributed by atoms with van der Waals surface area (Å²) in [5, 5.41) is 11.4. The molecule has 0 saturated carbocycles. The van der Waals surface area contributed by atoms with Crippen LogP contribution in [0.1, 0.15) is 12.1 Å². The number of anilines is 1. The molecular weight excluding hydrogens is 238 g/mol. The number of hydrogen-bond donors (Lipinski definition) is 1. The van der Waals surface area contributed by atoms with Crippen molar-refractivity contribution in [3.8, 4) is 0 Å². The van der Waals surface area contributed by atoms with E-state index in [9.17, 15) is 4.79 Å². The van der Waals surface area contributed by atoms with Crippen LogP contribution in [0, 0.1) is 0 Å². The zero-order valence-corrected chi connectivity index (χ0v) is 11.3. The molecule has 17 heavy (non-hydrogen) atoms. The van der Waals surface area contributed by atoms with Gasteiger partial charge in [0.2, 0.25) is 0 Å². The standard InChI is InChI=1S/C11H19N3O2S/c1-13(2)5-4-6-14(3)11-12-9(8-17-11)7-10(15)16/h8H,4-7H2,1-3H3,(H,15,16). The van der Waals surface area contributed by atoms with Gasteiger partial charge in [0.15, 0.2) is 5.13 Å². The van der Waals surface area contributed by atoms with Crippen molar-refractivity contribution in [3.05, 3.63) is 11.1 Å². The molecule has 0 bridgehead atoms. The predicted molar refractivity (Wildman–Crippen MR) is 69.9 cm³/mol. The minimum absolute atomic E-state index is 0.00202. The van der Waals surface area contributed by atoms with E-state index in [2.05, 4.69) is 14.8 Å². The fourth-order valence-corrected chi connectivity index (χ4v) is 2.25. The molecule has 0 fully saturated rings. The SMILES string of the molecule is CN(C)CCCN(C)c1nc(CC(=O)O)cs1. The Kier molecular flexibility index (Phi) is 5.37. The highest BCUT2D eigenvalue weighted by molar-refractivity contribution is 7.13. The number of hydrogen-bond acceptors (Lipinski definition) is 5. The Morgan fingerprint density at radius 3 is 2.71 bits per heavy atom. The summed E-state index contributed by atoms with van der Waals surface area (Å²) in [6, 6.07) is 0. The third kappa shape index (κ3) is 5.14. The van der Waals surface area contributed by atoms with Gasteiger partial charge in [-0.25, -0.2) is 4.98 Å². The van der Waals surface area contributed by atoms with Crippen molar-refractivity contribution >= 4 is 22.4 Å². The molecule has 0 unspecified atom stereocenters. The van der Waals surface area contributed by atoms with E-state index in [-0.39, 0.29) is 6.42 Å². The van der Waals surface area contributed by atoms with Crippen molar-refractivity contribution < 1.29 is 9.90 Å². The molecule has 1 rings (SSSR count). The van der Waals surface area contributed by atoms with Crippen LogP contribution in [0.25, 0.3) is 0 Å². The molecule has 0 aliphatic heterocycles. The van der Waals surface area contributed by atoms with Crippen LogP contribution in [-0.2, 0) is 11.2 Å². The van der Waals surface area contributed by atoms with Gasteiger partial charge in [0.1, 0.15) is 0 Å². The highest BCUT2D eigenvalue weighted by Gasteiger charge is 2.09. The molecule has 1 N–H and O–H groups in total. The van der Waals surface area contributed by atoms with E-state index < -0.39 is 5.97 Å². The molecule has 6 heteroatoms. The summed E-state index contributed by atoms with van der Waals surface area (Å²) >= 11 is 1.50. The molecule has 0 aliphatic carbocycles. The number of carboxylic acid groups (broad SMARTS) is 1. The van der Waals surface area contributed by atoms with Crippen LogP contribution in [-0.4, -0.2) is 55.2 Å². The minimum atomic E-state index is -0.836. The van der Waals surface area contributed by atoms with E-state index in [0.29, 0.717) is 5.69 Å². The lowest BCUT2D eigenvalue weighted by Gasteiger charge is -2.17. The Labute approximate surface area is 106 Å². The van der Waals surface area contributed by atoms with E-state index in [1.807, 2.05) is 26.5 Å². The zero-order valence-electron chi connectivity index (χ0n) is 10.5. The molecule has 0 aromatic carbocycles. The predicted octanol–water partition coefficient (Wildman–Crippen LogP) is 1.16. The van der Waals surface area contributed by atoms with Crippen LogP contribution in [0.3, 0.4) is 0 Å². The Hall–Kier alpha value is -1.14. The van der Waals surface area contributed by atoms with Gasteiger partial charge in [-0.3, -0.25) is 4.79 Å². The Balaban J connectivity index is 2.43. The Morgan fingerprint density at radius 1 is 1.41 bits per heavy atom. The van der Waals surface area contributed by atoms with Crippen molar-refractivity contribution in [2.45, 2.75) is 12.8 Å². The lowest BCUT2D eigenvalue weighted by atomic mass is 10.3. The summed E-state index contributed by atoms with van der Waals surface area (Å²) in [4.78, 5) is 19.1. The number of rotatable bonds is 7. The highest BCUT2D eigenvalue weighted by Crippen LogP contribution is 2.19. The number of carbonyl (C=O) groups is 1. The summed E-state index contributed by atoms with van der Waals surface area (Å²) in [7, 11) is 6.09. The monoisotopic (exact) mass is 257 g/mol. The summed E-state index contributed by atoms with van der Waals surface area (Å²) in [5.41, 5.74) is 0.636. The van der Waals surface area contributed by atoms with E-state index in [1.165, 1.54) is 11.3 Å². The maximum atomic E-state index is 10.5. The van der Waals surface area contributed by atoms with Gasteiger partial charge in [-0.2, -0.15) is 0 Å². The Bertz CT molecular complexity index is 365. The van der Waals surface area contributed by atoms with Gasteiger partial charge in [-0.05, 0) is 27.1 Å². The smallest absolute Gasteiger partial charge is 0.309 e. The topological polar surface area (TPSA) is 56.7 Å². The average Bonchev–Trinajstić information content (AvgIpc) is 2.64. The largest absolute Gasteiger partial charge is 0.481 e. The first kappa shape index (κ1) is 13.9. The van der Waals surface area contributed by atoms with Crippen molar-refractivity contribution in [2.24, 2.45) is 0 Å². The van der Waals surface area contributed by atoms with E-state index >= 15 is 0 Å². The van der Waals surface area contributed by atoms with Gasteiger partial charge in [0.25, 0.3) is 0 Å². The van der Waals surface area contributed by atoms with Crippen LogP contribution >= 0.6 is 11.3 Å². The second-order valence-corrected chi connectivity index (χ2v) is 5.11. The number of nitrogens with zero attached hydrogens (tertiary/aromatic N) is 3. The first-order valence-corrected chi connectivity index (χ1v) is 6.39. The van der Waals surface area contributed by atoms with Crippen LogP contribution in [0.5, 0.6) is 0 Å². The highest BCUT2D eigenvalue weighted by atomic mass is 32.1. The molecule has 5 nitrogen and oxygen atoms in total. The maximum absolute atomic E-state index is 10.5. The Morgan fingerprint density at radius 2 is 2.12 bits per heavy atom. The van der Waals surface area contributed by atoms with Crippen LogP contribution in [0.2, 0.25) is 0 Å². The molecular formula is C11H19N3O2S. The lowest BCUT2D eigenvalue weighted by Crippen LogP contribution is -2.23. The van der Waals surface area contributed by atoms with Crippen molar-refractivity contribution in [3.63, 3.8) is 0 Å². The number of aliphatic carboxylic acids is 1. The first-order chi connectivity index (χ1) is 7.99. The second-order valence-electron chi connectivity index (χ2n) is 4.27.